The van der Waals surface area contributed by atoms with Crippen molar-refractivity contribution in [3.05, 3.63) is 41.9 Å². The van der Waals surface area contributed by atoms with E-state index in [2.05, 4.69) is 15.3 Å². The number of nitrogens with one attached hydrogen (secondary N) is 1. The molecule has 1 fully saturated rings. The molecule has 1 amide bonds. The summed E-state index contributed by atoms with van der Waals surface area (Å²) < 4.78 is 42.4. The molecule has 0 bridgehead atoms. The highest BCUT2D eigenvalue weighted by Crippen LogP contribution is 2.35. The van der Waals surface area contributed by atoms with Gasteiger partial charge in [0, 0.05) is 5.92 Å². The summed E-state index contributed by atoms with van der Waals surface area (Å²) in [6.07, 6.45) is 0.793. The summed E-state index contributed by atoms with van der Waals surface area (Å²) in [5.74, 6) is 0.243. The van der Waals surface area contributed by atoms with Gasteiger partial charge in [-0.15, -0.1) is 0 Å². The number of anilines is 1. The Labute approximate surface area is 123 Å². The maximum atomic E-state index is 12.4. The van der Waals surface area contributed by atoms with Gasteiger partial charge >= 0.3 is 6.18 Å². The molecule has 0 atom stereocenters. The van der Waals surface area contributed by atoms with Gasteiger partial charge in [-0.05, 0) is 25.0 Å². The minimum atomic E-state index is -4.51. The van der Waals surface area contributed by atoms with Crippen LogP contribution in [0.15, 0.2) is 29.0 Å². The van der Waals surface area contributed by atoms with Gasteiger partial charge in [0.1, 0.15) is 12.0 Å². The Morgan fingerprint density at radius 1 is 1.32 bits per heavy atom. The number of pyridine rings is 1. The number of aromatic nitrogens is 2. The Balaban J connectivity index is 1.67. The minimum Gasteiger partial charge on any atom is -0.448 e. The first-order valence-electron chi connectivity index (χ1n) is 6.73. The largest absolute Gasteiger partial charge is 0.448 e. The van der Waals surface area contributed by atoms with E-state index in [0.717, 1.165) is 37.6 Å². The lowest BCUT2D eigenvalue weighted by atomic mass is 9.85. The van der Waals surface area contributed by atoms with Crippen LogP contribution in [0.3, 0.4) is 0 Å². The first kappa shape index (κ1) is 14.6. The molecule has 0 radical (unpaired) electrons. The van der Waals surface area contributed by atoms with Gasteiger partial charge in [0.2, 0.25) is 0 Å². The Hall–Kier alpha value is -2.38. The molecule has 2 aromatic rings. The SMILES string of the molecule is O=C(Nc1ccc(C(F)(F)F)nc1)c1coc(C2CCC2)n1. The summed E-state index contributed by atoms with van der Waals surface area (Å²) in [5.41, 5.74) is -0.757. The van der Waals surface area contributed by atoms with Gasteiger partial charge < -0.3 is 9.73 Å². The molecule has 0 saturated heterocycles. The molecule has 22 heavy (non-hydrogen) atoms. The second kappa shape index (κ2) is 5.43. The van der Waals surface area contributed by atoms with Crippen molar-refractivity contribution in [1.82, 2.24) is 9.97 Å². The standard InChI is InChI=1S/C14H12F3N3O2/c15-14(16,17)11-5-4-9(6-18-11)19-12(21)10-7-22-13(20-10)8-2-1-3-8/h4-8H,1-3H2,(H,19,21). The number of nitrogens with zero attached hydrogens (tertiary/aromatic N) is 2. The van der Waals surface area contributed by atoms with Gasteiger partial charge in [-0.1, -0.05) is 6.42 Å². The molecule has 0 aliphatic heterocycles. The van der Waals surface area contributed by atoms with E-state index in [1.807, 2.05) is 0 Å². The van der Waals surface area contributed by atoms with Crippen LogP contribution in [0.1, 0.15) is 47.3 Å². The molecule has 0 spiro atoms. The zero-order valence-electron chi connectivity index (χ0n) is 11.4. The topological polar surface area (TPSA) is 68.0 Å². The summed E-state index contributed by atoms with van der Waals surface area (Å²) in [6.45, 7) is 0. The summed E-state index contributed by atoms with van der Waals surface area (Å²) in [7, 11) is 0. The maximum absolute atomic E-state index is 12.4. The molecule has 2 heterocycles. The van der Waals surface area contributed by atoms with E-state index >= 15 is 0 Å². The van der Waals surface area contributed by atoms with Gasteiger partial charge in [0.25, 0.3) is 5.91 Å². The number of alkyl halides is 3. The average Bonchev–Trinajstić information content (AvgIpc) is 2.85. The number of hydrogen-bond donors (Lipinski definition) is 1. The third-order valence-corrected chi connectivity index (χ3v) is 3.52. The fraction of sp³-hybridized carbons (Fsp3) is 0.357. The van der Waals surface area contributed by atoms with Gasteiger partial charge in [0.15, 0.2) is 11.6 Å². The van der Waals surface area contributed by atoms with E-state index in [1.54, 1.807) is 0 Å². The van der Waals surface area contributed by atoms with Crippen molar-refractivity contribution < 1.29 is 22.4 Å². The average molecular weight is 311 g/mol. The van der Waals surface area contributed by atoms with Crippen molar-refractivity contribution in [2.24, 2.45) is 0 Å². The zero-order chi connectivity index (χ0) is 15.7. The normalized spacial score (nSPS) is 15.4. The van der Waals surface area contributed by atoms with Crippen LogP contribution in [-0.2, 0) is 6.18 Å². The summed E-state index contributed by atoms with van der Waals surface area (Å²) in [4.78, 5) is 19.3. The number of amides is 1. The van der Waals surface area contributed by atoms with Crippen molar-refractivity contribution >= 4 is 11.6 Å². The van der Waals surface area contributed by atoms with E-state index in [4.69, 9.17) is 4.42 Å². The Kier molecular flexibility index (Phi) is 3.59. The minimum absolute atomic E-state index is 0.0989. The second-order valence-corrected chi connectivity index (χ2v) is 5.08. The molecule has 1 aliphatic carbocycles. The molecular formula is C14H12F3N3O2. The van der Waals surface area contributed by atoms with Crippen LogP contribution in [0.2, 0.25) is 0 Å². The lowest BCUT2D eigenvalue weighted by Gasteiger charge is -2.21. The maximum Gasteiger partial charge on any atom is 0.433 e. The van der Waals surface area contributed by atoms with E-state index < -0.39 is 17.8 Å². The molecular weight excluding hydrogens is 299 g/mol. The first-order chi connectivity index (χ1) is 10.4. The van der Waals surface area contributed by atoms with Crippen molar-refractivity contribution in [2.75, 3.05) is 5.32 Å². The van der Waals surface area contributed by atoms with E-state index in [1.165, 1.54) is 6.26 Å². The molecule has 0 unspecified atom stereocenters. The monoisotopic (exact) mass is 311 g/mol. The van der Waals surface area contributed by atoms with Crippen molar-refractivity contribution in [1.29, 1.82) is 0 Å². The molecule has 8 heteroatoms. The number of hydrogen-bond acceptors (Lipinski definition) is 4. The number of rotatable bonds is 3. The fourth-order valence-electron chi connectivity index (χ4n) is 2.07. The van der Waals surface area contributed by atoms with Crippen molar-refractivity contribution in [3.8, 4) is 0 Å². The molecule has 1 saturated carbocycles. The molecule has 5 nitrogen and oxygen atoms in total. The van der Waals surface area contributed by atoms with Crippen molar-refractivity contribution in [2.45, 2.75) is 31.4 Å². The first-order valence-corrected chi connectivity index (χ1v) is 6.73. The third kappa shape index (κ3) is 2.95. The van der Waals surface area contributed by atoms with Crippen LogP contribution < -0.4 is 5.32 Å². The van der Waals surface area contributed by atoms with E-state index in [0.29, 0.717) is 5.89 Å². The summed E-state index contributed by atoms with van der Waals surface area (Å²) in [6, 6.07) is 1.94. The van der Waals surface area contributed by atoms with Gasteiger partial charge in [-0.25, -0.2) is 9.97 Å². The van der Waals surface area contributed by atoms with Crippen LogP contribution in [0, 0.1) is 0 Å². The zero-order valence-corrected chi connectivity index (χ0v) is 11.4. The highest BCUT2D eigenvalue weighted by atomic mass is 19.4. The van der Waals surface area contributed by atoms with Gasteiger partial charge in [-0.2, -0.15) is 13.2 Å². The molecule has 116 valence electrons. The predicted octanol–water partition coefficient (Wildman–Crippen LogP) is 3.61. The number of carbonyl (C=O) groups is 1. The van der Waals surface area contributed by atoms with Crippen LogP contribution in [-0.4, -0.2) is 15.9 Å². The lowest BCUT2D eigenvalue weighted by molar-refractivity contribution is -0.141. The molecule has 1 N–H and O–H groups in total. The van der Waals surface area contributed by atoms with Crippen LogP contribution in [0.5, 0.6) is 0 Å². The lowest BCUT2D eigenvalue weighted by Crippen LogP contribution is -2.14. The summed E-state index contributed by atoms with van der Waals surface area (Å²) >= 11 is 0. The second-order valence-electron chi connectivity index (χ2n) is 5.08. The van der Waals surface area contributed by atoms with Gasteiger partial charge in [0.05, 0.1) is 11.9 Å². The number of halogens is 3. The predicted molar refractivity (Wildman–Crippen MR) is 70.3 cm³/mol. The Bertz CT molecular complexity index is 675. The van der Waals surface area contributed by atoms with Crippen molar-refractivity contribution in [3.63, 3.8) is 0 Å². The van der Waals surface area contributed by atoms with E-state index in [-0.39, 0.29) is 17.3 Å². The highest BCUT2D eigenvalue weighted by molar-refractivity contribution is 6.02. The molecule has 3 rings (SSSR count). The van der Waals surface area contributed by atoms with Gasteiger partial charge in [-0.3, -0.25) is 4.79 Å². The third-order valence-electron chi connectivity index (χ3n) is 3.52. The molecule has 0 aromatic carbocycles. The summed E-state index contributed by atoms with van der Waals surface area (Å²) in [5, 5.41) is 2.43. The number of oxazole rings is 1. The smallest absolute Gasteiger partial charge is 0.433 e. The molecule has 1 aliphatic rings. The van der Waals surface area contributed by atoms with Crippen LogP contribution in [0.4, 0.5) is 18.9 Å². The number of carbonyl (C=O) groups excluding carboxylic acids is 1. The van der Waals surface area contributed by atoms with E-state index in [9.17, 15) is 18.0 Å². The molecule has 2 aromatic heterocycles. The van der Waals surface area contributed by atoms with Crippen LogP contribution in [0.25, 0.3) is 0 Å². The Morgan fingerprint density at radius 3 is 2.64 bits per heavy atom. The van der Waals surface area contributed by atoms with Crippen LogP contribution >= 0.6 is 0 Å². The highest BCUT2D eigenvalue weighted by Gasteiger charge is 2.32. The Morgan fingerprint density at radius 2 is 2.09 bits per heavy atom. The quantitative estimate of drug-likeness (QED) is 0.940. The fourth-order valence-corrected chi connectivity index (χ4v) is 2.07.